The van der Waals surface area contributed by atoms with Gasteiger partial charge in [-0.3, -0.25) is 4.79 Å². The van der Waals surface area contributed by atoms with Gasteiger partial charge in [-0.15, -0.1) is 0 Å². The van der Waals surface area contributed by atoms with Crippen LogP contribution in [0.1, 0.15) is 92.9 Å². The average molecular weight is 841 g/mol. The predicted molar refractivity (Wildman–Crippen MR) is 220 cm³/mol. The van der Waals surface area contributed by atoms with Crippen LogP contribution in [-0.4, -0.2) is 175 Å². The Bertz CT molecular complexity index is 1360. The van der Waals surface area contributed by atoms with Crippen LogP contribution in [-0.2, 0) is 42.7 Å². The number of hydrogen-bond donors (Lipinski definition) is 4. The van der Waals surface area contributed by atoms with Crippen molar-refractivity contribution in [3.63, 3.8) is 0 Å². The van der Waals surface area contributed by atoms with Crippen LogP contribution in [0.15, 0.2) is 24.3 Å². The molecule has 3 aliphatic heterocycles. The largest absolute Gasteiger partial charge is 0.462 e. The van der Waals surface area contributed by atoms with Gasteiger partial charge in [-0.05, 0) is 92.9 Å². The van der Waals surface area contributed by atoms with Gasteiger partial charge < -0.3 is 68.2 Å². The van der Waals surface area contributed by atoms with Crippen molar-refractivity contribution in [1.82, 2.24) is 9.80 Å². The number of carbonyl (C=O) groups excluding carboxylic acids is 2. The van der Waals surface area contributed by atoms with E-state index >= 15 is 0 Å². The lowest BCUT2D eigenvalue weighted by Crippen LogP contribution is -2.63. The van der Waals surface area contributed by atoms with Crippen LogP contribution >= 0.6 is 0 Å². The van der Waals surface area contributed by atoms with E-state index in [4.69, 9.17) is 33.2 Å². The summed E-state index contributed by atoms with van der Waals surface area (Å²) < 4.78 is 44.1. The summed E-state index contributed by atoms with van der Waals surface area (Å²) in [5.74, 6) is -1.53. The molecule has 4 N–H and O–H groups in total. The average Bonchev–Trinajstić information content (AvgIpc) is 3.13. The van der Waals surface area contributed by atoms with Crippen LogP contribution in [0.2, 0.25) is 0 Å². The first-order valence-corrected chi connectivity index (χ1v) is 21.6. The molecule has 15 nitrogen and oxygen atoms in total. The van der Waals surface area contributed by atoms with E-state index in [1.807, 2.05) is 50.2 Å². The molecular weight excluding hydrogens is 764 g/mol. The van der Waals surface area contributed by atoms with Crippen molar-refractivity contribution >= 4 is 12.3 Å². The van der Waals surface area contributed by atoms with Gasteiger partial charge >= 0.3 is 5.97 Å². The Morgan fingerprint density at radius 2 is 1.56 bits per heavy atom. The number of likely N-dealkylation sites (N-methyl/N-ethyl adjacent to an activating group) is 1. The minimum absolute atomic E-state index is 0.00194. The fraction of sp³-hybridized carbons (Fsp3) is 0.864. The van der Waals surface area contributed by atoms with Crippen LogP contribution in [0, 0.1) is 17.8 Å². The Kier molecular flexibility index (Phi) is 19.0. The van der Waals surface area contributed by atoms with Gasteiger partial charge in [0.25, 0.3) is 0 Å². The molecule has 0 aromatic carbocycles. The van der Waals surface area contributed by atoms with Crippen LogP contribution in [0.5, 0.6) is 0 Å². The van der Waals surface area contributed by atoms with E-state index in [1.165, 1.54) is 7.11 Å². The second-order valence-corrected chi connectivity index (χ2v) is 18.4. The third-order valence-corrected chi connectivity index (χ3v) is 12.8. The normalized spacial score (nSPS) is 45.8. The summed E-state index contributed by atoms with van der Waals surface area (Å²) in [6.07, 6.45) is 1.23. The molecule has 3 fully saturated rings. The summed E-state index contributed by atoms with van der Waals surface area (Å²) in [5.41, 5.74) is -1.43. The Labute approximate surface area is 352 Å². The maximum absolute atomic E-state index is 13.1. The molecule has 59 heavy (non-hydrogen) atoms. The molecule has 4 aliphatic rings. The zero-order chi connectivity index (χ0) is 43.8. The third-order valence-electron chi connectivity index (χ3n) is 12.8. The van der Waals surface area contributed by atoms with E-state index < -0.39 is 97.1 Å². The van der Waals surface area contributed by atoms with Gasteiger partial charge in [-0.1, -0.05) is 38.2 Å². The van der Waals surface area contributed by atoms with E-state index in [9.17, 15) is 30.0 Å². The molecule has 0 aromatic heterocycles. The molecule has 0 aromatic rings. The number of esters is 1. The van der Waals surface area contributed by atoms with Gasteiger partial charge in [0.15, 0.2) is 12.6 Å². The van der Waals surface area contributed by atoms with E-state index in [1.54, 1.807) is 20.8 Å². The third kappa shape index (κ3) is 13.6. The highest BCUT2D eigenvalue weighted by Gasteiger charge is 2.51. The summed E-state index contributed by atoms with van der Waals surface area (Å²) in [4.78, 5) is 29.7. The number of hydrogen-bond acceptors (Lipinski definition) is 15. The number of methoxy groups -OCH3 is 1. The molecular formula is C44H76N2O13. The van der Waals surface area contributed by atoms with Crippen LogP contribution in [0.4, 0.5) is 0 Å². The maximum atomic E-state index is 13.1. The van der Waals surface area contributed by atoms with Gasteiger partial charge in [-0.2, -0.15) is 0 Å². The zero-order valence-electron chi connectivity index (χ0n) is 37.3. The molecule has 2 saturated heterocycles. The summed E-state index contributed by atoms with van der Waals surface area (Å²) in [6.45, 7) is 11.1. The minimum Gasteiger partial charge on any atom is -0.462 e. The van der Waals surface area contributed by atoms with E-state index in [-0.39, 0.29) is 43.2 Å². The number of aliphatic hydroxyl groups is 4. The van der Waals surface area contributed by atoms with Crippen molar-refractivity contribution in [3.05, 3.63) is 24.3 Å². The molecule has 1 aliphatic carbocycles. The minimum atomic E-state index is -1.43. The molecule has 1 saturated carbocycles. The predicted octanol–water partition coefficient (Wildman–Crippen LogP) is 2.99. The van der Waals surface area contributed by atoms with Gasteiger partial charge in [-0.25, -0.2) is 0 Å². The van der Waals surface area contributed by atoms with Crippen LogP contribution in [0.3, 0.4) is 0 Å². The summed E-state index contributed by atoms with van der Waals surface area (Å²) in [6, 6.07) is -0.319. The molecule has 0 radical (unpaired) electrons. The van der Waals surface area contributed by atoms with Crippen molar-refractivity contribution in [2.45, 2.75) is 190 Å². The quantitative estimate of drug-likeness (QED) is 0.176. The van der Waals surface area contributed by atoms with Crippen molar-refractivity contribution in [1.29, 1.82) is 0 Å². The topological polar surface area (TPSA) is 186 Å². The number of rotatable bonds is 11. The summed E-state index contributed by atoms with van der Waals surface area (Å²) in [5, 5.41) is 45.3. The number of aldehydes is 1. The van der Waals surface area contributed by atoms with Gasteiger partial charge in [0.2, 0.25) is 0 Å². The monoisotopic (exact) mass is 841 g/mol. The molecule has 0 unspecified atom stereocenters. The number of carbonyl (C=O) groups is 2. The second kappa shape index (κ2) is 22.5. The standard InChI is InChI=1S/C44H76N2O13/c1-25-19-30(17-18-47)41(58-34-20-26(2)40(38(39(34)50)46(9)10)59-37-24-44(6,52)43(51)29(5)56-37)42(53-11)32(48)23-35(49)54-27(3)15-13-12-14-16-33(25)57-36-22-31(45(7)8)21-28(4)55-36/h12-14,16,18,25-34,36-43,48,50-52H,15,17,19-24H2,1-11H3/b13-12+,16-14+/t25-,26-,27-,28+,29+,30-,31-,32+,33-,34-,36+,37-,38+,39+,40+,41-,42-,43-,44+/m0/s1. The number of cyclic esters (lactones) is 1. The first kappa shape index (κ1) is 49.8. The highest BCUT2D eigenvalue weighted by atomic mass is 16.7. The van der Waals surface area contributed by atoms with Gasteiger partial charge in [0.1, 0.15) is 24.6 Å². The highest BCUT2D eigenvalue weighted by Crippen LogP contribution is 2.39. The fourth-order valence-corrected chi connectivity index (χ4v) is 9.45. The fourth-order valence-electron chi connectivity index (χ4n) is 9.45. The molecule has 4 rings (SSSR count). The van der Waals surface area contributed by atoms with Crippen LogP contribution in [0.25, 0.3) is 0 Å². The lowest BCUT2D eigenvalue weighted by atomic mass is 9.78. The van der Waals surface area contributed by atoms with E-state index in [0.717, 1.165) is 12.7 Å². The smallest absolute Gasteiger partial charge is 0.308 e. The molecule has 0 bridgehead atoms. The molecule has 15 heteroatoms. The Hall–Kier alpha value is -1.86. The number of aliphatic hydroxyl groups excluding tert-OH is 3. The Morgan fingerprint density at radius 3 is 2.19 bits per heavy atom. The first-order valence-electron chi connectivity index (χ1n) is 21.6. The van der Waals surface area contributed by atoms with Crippen molar-refractivity contribution < 1.29 is 63.2 Å². The highest BCUT2D eigenvalue weighted by molar-refractivity contribution is 5.70. The Balaban J connectivity index is 1.68. The molecule has 0 amide bonds. The van der Waals surface area contributed by atoms with Crippen molar-refractivity contribution in [2.24, 2.45) is 17.8 Å². The molecule has 3 heterocycles. The summed E-state index contributed by atoms with van der Waals surface area (Å²) in [7, 11) is 9.22. The number of ether oxygens (including phenoxy) is 7. The summed E-state index contributed by atoms with van der Waals surface area (Å²) >= 11 is 0. The van der Waals surface area contributed by atoms with E-state index in [2.05, 4.69) is 32.8 Å². The molecule has 19 atom stereocenters. The van der Waals surface area contributed by atoms with Gasteiger partial charge in [0.05, 0.1) is 66.9 Å². The van der Waals surface area contributed by atoms with Gasteiger partial charge in [0, 0.05) is 38.8 Å². The SMILES string of the molecule is CO[C@@H]1[C@@H](O[C@H]2C[C@H](C)[C@@H](O[C@H]3C[C@@](C)(O)[C@@H](O)[C@@H](C)O3)[C@H](N(C)C)[C@@H]2O)[C@@H](CC=O)C[C@H](C)[C@@H](O[C@@H]2C[C@@H](N(C)C)C[C@@H](C)O2)/C=C/C=C/C[C@H](C)OC(=O)C[C@H]1O. The number of nitrogens with zero attached hydrogens (tertiary/aromatic N) is 2. The Morgan fingerprint density at radius 1 is 0.847 bits per heavy atom. The van der Waals surface area contributed by atoms with Crippen molar-refractivity contribution in [2.75, 3.05) is 35.3 Å². The lowest BCUT2D eigenvalue weighted by Gasteiger charge is -2.50. The molecule has 0 spiro atoms. The lowest BCUT2D eigenvalue weighted by molar-refractivity contribution is -0.302. The molecule has 340 valence electrons. The van der Waals surface area contributed by atoms with Crippen LogP contribution < -0.4 is 0 Å². The van der Waals surface area contributed by atoms with E-state index in [0.29, 0.717) is 25.7 Å². The maximum Gasteiger partial charge on any atom is 0.308 e. The van der Waals surface area contributed by atoms with Crippen molar-refractivity contribution in [3.8, 4) is 0 Å². The zero-order valence-corrected chi connectivity index (χ0v) is 37.3. The second-order valence-electron chi connectivity index (χ2n) is 18.4. The number of allylic oxidation sites excluding steroid dienone is 2. The first-order chi connectivity index (χ1) is 27.8.